The van der Waals surface area contributed by atoms with Crippen LogP contribution < -0.4 is 5.90 Å². The molecule has 0 saturated heterocycles. The van der Waals surface area contributed by atoms with Crippen LogP contribution in [0.15, 0.2) is 24.3 Å². The van der Waals surface area contributed by atoms with Crippen LogP contribution in [0.4, 0.5) is 5.69 Å². The molecule has 0 bridgehead atoms. The van der Waals surface area contributed by atoms with E-state index in [1.165, 1.54) is 24.3 Å². The summed E-state index contributed by atoms with van der Waals surface area (Å²) in [5, 5.41) is 10.4. The minimum absolute atomic E-state index is 0.0141. The van der Waals surface area contributed by atoms with E-state index >= 15 is 0 Å². The van der Waals surface area contributed by atoms with Crippen LogP contribution in [0.25, 0.3) is 0 Å². The van der Waals surface area contributed by atoms with Gasteiger partial charge < -0.3 is 4.84 Å². The quantitative estimate of drug-likeness (QED) is 0.617. The molecule has 1 rings (SSSR count). The molecule has 0 fully saturated rings. The smallest absolute Gasteiger partial charge is 0.331 e. The van der Waals surface area contributed by atoms with Crippen molar-refractivity contribution < 1.29 is 14.6 Å². The Hall–Kier alpha value is -1.95. The monoisotopic (exact) mass is 224 g/mol. The topological polar surface area (TPSA) is 95.5 Å². The Morgan fingerprint density at radius 1 is 1.50 bits per heavy atom. The number of non-ortho nitro benzene ring substituents is 1. The number of carbonyl (C=O) groups is 1. The standard InChI is InChI=1S/C10H12N2O4/c1-2-9(10(13)16-11)7-3-5-8(6-4-7)12(14)15/h3-6,9H,2,11H2,1H3. The number of nitro groups is 1. The van der Waals surface area contributed by atoms with Gasteiger partial charge in [-0.25, -0.2) is 4.79 Å². The van der Waals surface area contributed by atoms with Crippen LogP contribution in [-0.4, -0.2) is 10.9 Å². The van der Waals surface area contributed by atoms with Gasteiger partial charge >= 0.3 is 5.97 Å². The van der Waals surface area contributed by atoms with Crippen molar-refractivity contribution in [1.82, 2.24) is 0 Å². The largest absolute Gasteiger partial charge is 0.373 e. The molecule has 0 aliphatic heterocycles. The molecule has 0 spiro atoms. The molecular weight excluding hydrogens is 212 g/mol. The van der Waals surface area contributed by atoms with Crippen molar-refractivity contribution >= 4 is 11.7 Å². The molecule has 86 valence electrons. The van der Waals surface area contributed by atoms with E-state index in [2.05, 4.69) is 4.84 Å². The van der Waals surface area contributed by atoms with Crippen molar-refractivity contribution in [2.24, 2.45) is 5.90 Å². The first-order valence-electron chi connectivity index (χ1n) is 4.75. The average Bonchev–Trinajstić information content (AvgIpc) is 2.30. The summed E-state index contributed by atoms with van der Waals surface area (Å²) in [5.74, 6) is 3.78. The van der Waals surface area contributed by atoms with Gasteiger partial charge in [0.05, 0.1) is 10.8 Å². The maximum absolute atomic E-state index is 11.3. The van der Waals surface area contributed by atoms with Crippen molar-refractivity contribution in [3.05, 3.63) is 39.9 Å². The molecular formula is C10H12N2O4. The highest BCUT2D eigenvalue weighted by molar-refractivity contribution is 5.77. The van der Waals surface area contributed by atoms with Crippen LogP contribution in [0.5, 0.6) is 0 Å². The third kappa shape index (κ3) is 2.54. The first kappa shape index (κ1) is 12.1. The number of benzene rings is 1. The lowest BCUT2D eigenvalue weighted by molar-refractivity contribution is -0.384. The number of rotatable bonds is 4. The number of nitro benzene ring substituents is 1. The van der Waals surface area contributed by atoms with E-state index in [0.717, 1.165) is 0 Å². The van der Waals surface area contributed by atoms with Gasteiger partial charge in [0.2, 0.25) is 0 Å². The summed E-state index contributed by atoms with van der Waals surface area (Å²) in [4.78, 5) is 25.4. The maximum atomic E-state index is 11.3. The van der Waals surface area contributed by atoms with Crippen LogP contribution >= 0.6 is 0 Å². The fourth-order valence-electron chi connectivity index (χ4n) is 1.45. The number of hydrogen-bond donors (Lipinski definition) is 1. The predicted octanol–water partition coefficient (Wildman–Crippen LogP) is 1.51. The van der Waals surface area contributed by atoms with E-state index in [0.29, 0.717) is 12.0 Å². The molecule has 1 aromatic rings. The van der Waals surface area contributed by atoms with Gasteiger partial charge in [0.1, 0.15) is 0 Å². The van der Waals surface area contributed by atoms with Crippen molar-refractivity contribution in [2.45, 2.75) is 19.3 Å². The lowest BCUT2D eigenvalue weighted by Crippen LogP contribution is -2.18. The minimum atomic E-state index is -0.545. The van der Waals surface area contributed by atoms with Crippen LogP contribution in [0, 0.1) is 10.1 Å². The Morgan fingerprint density at radius 3 is 2.44 bits per heavy atom. The predicted molar refractivity (Wildman–Crippen MR) is 56.4 cm³/mol. The highest BCUT2D eigenvalue weighted by Gasteiger charge is 2.20. The summed E-state index contributed by atoms with van der Waals surface area (Å²) in [7, 11) is 0. The second-order valence-corrected chi connectivity index (χ2v) is 3.25. The lowest BCUT2D eigenvalue weighted by Gasteiger charge is -2.11. The van der Waals surface area contributed by atoms with Gasteiger partial charge in [0, 0.05) is 12.1 Å². The number of carbonyl (C=O) groups excluding carboxylic acids is 1. The van der Waals surface area contributed by atoms with E-state index in [1.807, 2.05) is 6.92 Å². The van der Waals surface area contributed by atoms with E-state index in [9.17, 15) is 14.9 Å². The molecule has 1 atom stereocenters. The van der Waals surface area contributed by atoms with Gasteiger partial charge in [-0.05, 0) is 12.0 Å². The molecule has 0 amide bonds. The Kier molecular flexibility index (Phi) is 3.96. The molecule has 0 aliphatic rings. The van der Waals surface area contributed by atoms with E-state index in [4.69, 9.17) is 5.90 Å². The Labute approximate surface area is 92.1 Å². The molecule has 0 heterocycles. The molecule has 16 heavy (non-hydrogen) atoms. The summed E-state index contributed by atoms with van der Waals surface area (Å²) >= 11 is 0. The molecule has 6 nitrogen and oxygen atoms in total. The van der Waals surface area contributed by atoms with Crippen molar-refractivity contribution in [3.8, 4) is 0 Å². The molecule has 1 unspecified atom stereocenters. The molecule has 0 saturated carbocycles. The summed E-state index contributed by atoms with van der Waals surface area (Å²) in [6.07, 6.45) is 0.522. The molecule has 6 heteroatoms. The Balaban J connectivity index is 2.95. The minimum Gasteiger partial charge on any atom is -0.373 e. The number of nitrogens with two attached hydrogens (primary N) is 1. The number of nitrogens with zero attached hydrogens (tertiary/aromatic N) is 1. The van der Waals surface area contributed by atoms with Gasteiger partial charge in [-0.3, -0.25) is 10.1 Å². The lowest BCUT2D eigenvalue weighted by atomic mass is 9.96. The van der Waals surface area contributed by atoms with Gasteiger partial charge in [-0.1, -0.05) is 19.1 Å². The fourth-order valence-corrected chi connectivity index (χ4v) is 1.45. The highest BCUT2D eigenvalue weighted by Crippen LogP contribution is 2.22. The van der Waals surface area contributed by atoms with Crippen molar-refractivity contribution in [3.63, 3.8) is 0 Å². The zero-order valence-electron chi connectivity index (χ0n) is 8.75. The molecule has 0 aromatic heterocycles. The SMILES string of the molecule is CCC(C(=O)ON)c1ccc([N+](=O)[O-])cc1. The van der Waals surface area contributed by atoms with Crippen LogP contribution in [-0.2, 0) is 9.63 Å². The van der Waals surface area contributed by atoms with Gasteiger partial charge in [0.15, 0.2) is 0 Å². The summed E-state index contributed by atoms with van der Waals surface area (Å²) in [6, 6.07) is 5.76. The van der Waals surface area contributed by atoms with E-state index in [-0.39, 0.29) is 5.69 Å². The van der Waals surface area contributed by atoms with Crippen LogP contribution in [0.3, 0.4) is 0 Å². The van der Waals surface area contributed by atoms with Crippen LogP contribution in [0.1, 0.15) is 24.8 Å². The van der Waals surface area contributed by atoms with Crippen LogP contribution in [0.2, 0.25) is 0 Å². The summed E-state index contributed by atoms with van der Waals surface area (Å²) < 4.78 is 0. The Bertz CT molecular complexity index is 388. The first-order chi connectivity index (χ1) is 7.60. The average molecular weight is 224 g/mol. The zero-order chi connectivity index (χ0) is 12.1. The maximum Gasteiger partial charge on any atom is 0.331 e. The summed E-state index contributed by atoms with van der Waals surface area (Å²) in [6.45, 7) is 1.81. The third-order valence-corrected chi connectivity index (χ3v) is 2.32. The highest BCUT2D eigenvalue weighted by atomic mass is 16.7. The second-order valence-electron chi connectivity index (χ2n) is 3.25. The first-order valence-corrected chi connectivity index (χ1v) is 4.75. The third-order valence-electron chi connectivity index (χ3n) is 2.32. The van der Waals surface area contributed by atoms with Gasteiger partial charge in [-0.2, -0.15) is 5.90 Å². The normalized spacial score (nSPS) is 11.9. The van der Waals surface area contributed by atoms with E-state index < -0.39 is 16.8 Å². The van der Waals surface area contributed by atoms with Gasteiger partial charge in [0.25, 0.3) is 5.69 Å². The van der Waals surface area contributed by atoms with Crippen molar-refractivity contribution in [1.29, 1.82) is 0 Å². The zero-order valence-corrected chi connectivity index (χ0v) is 8.75. The molecule has 0 radical (unpaired) electrons. The van der Waals surface area contributed by atoms with Gasteiger partial charge in [-0.15, -0.1) is 0 Å². The molecule has 1 aromatic carbocycles. The fraction of sp³-hybridized carbons (Fsp3) is 0.300. The molecule has 2 N–H and O–H groups in total. The second kappa shape index (κ2) is 5.22. The number of hydrogen-bond acceptors (Lipinski definition) is 5. The molecule has 0 aliphatic carbocycles. The Morgan fingerprint density at radius 2 is 2.06 bits per heavy atom. The summed E-state index contributed by atoms with van der Waals surface area (Å²) in [5.41, 5.74) is 0.642. The van der Waals surface area contributed by atoms with Crippen molar-refractivity contribution in [2.75, 3.05) is 0 Å². The van der Waals surface area contributed by atoms with E-state index in [1.54, 1.807) is 0 Å².